The van der Waals surface area contributed by atoms with Gasteiger partial charge in [0.05, 0.1) is 7.11 Å². The zero-order chi connectivity index (χ0) is 13.1. The molecular weight excluding hydrogens is 224 g/mol. The van der Waals surface area contributed by atoms with Crippen LogP contribution in [0.25, 0.3) is 10.9 Å². The molecule has 0 saturated carbocycles. The molecule has 0 spiro atoms. The summed E-state index contributed by atoms with van der Waals surface area (Å²) < 4.78 is 5.49. The topological polar surface area (TPSA) is 28.3 Å². The SMILES string of the molecule is CCC(CN(C)C)c1c[nH]c2cccc(OC)c12. The van der Waals surface area contributed by atoms with E-state index >= 15 is 0 Å². The molecule has 18 heavy (non-hydrogen) atoms. The van der Waals surface area contributed by atoms with Crippen LogP contribution in [-0.2, 0) is 0 Å². The van der Waals surface area contributed by atoms with E-state index in [1.807, 2.05) is 12.1 Å². The number of nitrogens with one attached hydrogen (secondary N) is 1. The highest BCUT2D eigenvalue weighted by Crippen LogP contribution is 2.34. The van der Waals surface area contributed by atoms with E-state index in [0.717, 1.165) is 24.2 Å². The summed E-state index contributed by atoms with van der Waals surface area (Å²) in [7, 11) is 5.97. The Morgan fingerprint density at radius 2 is 2.11 bits per heavy atom. The number of benzene rings is 1. The van der Waals surface area contributed by atoms with Crippen molar-refractivity contribution in [3.8, 4) is 5.75 Å². The van der Waals surface area contributed by atoms with Gasteiger partial charge in [-0.3, -0.25) is 0 Å². The van der Waals surface area contributed by atoms with Crippen molar-refractivity contribution in [2.75, 3.05) is 27.7 Å². The van der Waals surface area contributed by atoms with Gasteiger partial charge in [-0.2, -0.15) is 0 Å². The summed E-state index contributed by atoms with van der Waals surface area (Å²) in [5.41, 5.74) is 2.51. The molecule has 0 aliphatic carbocycles. The fraction of sp³-hybridized carbons (Fsp3) is 0.467. The van der Waals surface area contributed by atoms with Crippen LogP contribution in [0.4, 0.5) is 0 Å². The predicted octanol–water partition coefficient (Wildman–Crippen LogP) is 3.23. The van der Waals surface area contributed by atoms with Gasteiger partial charge in [0, 0.05) is 23.6 Å². The fourth-order valence-corrected chi connectivity index (χ4v) is 2.56. The van der Waals surface area contributed by atoms with Crippen LogP contribution in [0.15, 0.2) is 24.4 Å². The first-order valence-corrected chi connectivity index (χ1v) is 6.46. The smallest absolute Gasteiger partial charge is 0.128 e. The monoisotopic (exact) mass is 246 g/mol. The molecule has 1 atom stereocenters. The molecule has 98 valence electrons. The van der Waals surface area contributed by atoms with E-state index in [9.17, 15) is 0 Å². The number of ether oxygens (including phenoxy) is 1. The van der Waals surface area contributed by atoms with Crippen molar-refractivity contribution in [3.05, 3.63) is 30.0 Å². The highest BCUT2D eigenvalue weighted by atomic mass is 16.5. The summed E-state index contributed by atoms with van der Waals surface area (Å²) in [5, 5.41) is 1.23. The zero-order valence-electron chi connectivity index (χ0n) is 11.7. The molecule has 3 nitrogen and oxygen atoms in total. The van der Waals surface area contributed by atoms with Crippen molar-refractivity contribution in [3.63, 3.8) is 0 Å². The number of hydrogen-bond donors (Lipinski definition) is 1. The van der Waals surface area contributed by atoms with E-state index < -0.39 is 0 Å². The minimum atomic E-state index is 0.532. The standard InChI is InChI=1S/C15H22N2O/c1-5-11(10-17(2)3)12-9-16-13-7-6-8-14(18-4)15(12)13/h6-9,11,16H,5,10H2,1-4H3. The second-order valence-corrected chi connectivity index (χ2v) is 4.99. The maximum absolute atomic E-state index is 5.49. The summed E-state index contributed by atoms with van der Waals surface area (Å²) in [4.78, 5) is 5.59. The van der Waals surface area contributed by atoms with Gasteiger partial charge < -0.3 is 14.6 Å². The first-order chi connectivity index (χ1) is 8.67. The number of likely N-dealkylation sites (N-methyl/N-ethyl adjacent to an activating group) is 1. The van der Waals surface area contributed by atoms with Crippen LogP contribution in [0, 0.1) is 0 Å². The number of methoxy groups -OCH3 is 1. The average molecular weight is 246 g/mol. The van der Waals surface area contributed by atoms with Crippen LogP contribution in [0.2, 0.25) is 0 Å². The average Bonchev–Trinajstić information content (AvgIpc) is 2.79. The van der Waals surface area contributed by atoms with E-state index in [-0.39, 0.29) is 0 Å². The third-order valence-electron chi connectivity index (χ3n) is 3.44. The lowest BCUT2D eigenvalue weighted by molar-refractivity contribution is 0.368. The van der Waals surface area contributed by atoms with Crippen LogP contribution in [0.3, 0.4) is 0 Å². The summed E-state index contributed by atoms with van der Waals surface area (Å²) in [6.07, 6.45) is 3.26. The molecule has 0 radical (unpaired) electrons. The van der Waals surface area contributed by atoms with Crippen molar-refractivity contribution < 1.29 is 4.74 Å². The number of aromatic nitrogens is 1. The molecule has 1 aromatic heterocycles. The third kappa shape index (κ3) is 2.36. The molecule has 0 amide bonds. The maximum Gasteiger partial charge on any atom is 0.128 e. The lowest BCUT2D eigenvalue weighted by atomic mass is 9.95. The predicted molar refractivity (Wildman–Crippen MR) is 76.4 cm³/mol. The van der Waals surface area contributed by atoms with Crippen LogP contribution in [0.5, 0.6) is 5.75 Å². The van der Waals surface area contributed by atoms with Gasteiger partial charge in [0.1, 0.15) is 5.75 Å². The molecule has 1 heterocycles. The van der Waals surface area contributed by atoms with Crippen LogP contribution >= 0.6 is 0 Å². The normalized spacial score (nSPS) is 13.2. The second-order valence-electron chi connectivity index (χ2n) is 4.99. The van der Waals surface area contributed by atoms with Crippen LogP contribution < -0.4 is 4.74 Å². The molecule has 0 aliphatic rings. The van der Waals surface area contributed by atoms with Gasteiger partial charge in [0.2, 0.25) is 0 Å². The van der Waals surface area contributed by atoms with Crippen LogP contribution in [-0.4, -0.2) is 37.6 Å². The summed E-state index contributed by atoms with van der Waals surface area (Å²) in [6.45, 7) is 3.30. The second kappa shape index (κ2) is 5.44. The first kappa shape index (κ1) is 13.0. The van der Waals surface area contributed by atoms with E-state index in [4.69, 9.17) is 4.74 Å². The number of rotatable bonds is 5. The van der Waals surface area contributed by atoms with Gasteiger partial charge in [-0.25, -0.2) is 0 Å². The molecule has 1 N–H and O–H groups in total. The molecular formula is C15H22N2O. The first-order valence-electron chi connectivity index (χ1n) is 6.46. The molecule has 2 rings (SSSR count). The number of nitrogens with zero attached hydrogens (tertiary/aromatic N) is 1. The Morgan fingerprint density at radius 1 is 1.33 bits per heavy atom. The van der Waals surface area contributed by atoms with Gasteiger partial charge in [0.15, 0.2) is 0 Å². The molecule has 3 heteroatoms. The molecule has 2 aromatic rings. The van der Waals surface area contributed by atoms with E-state index in [2.05, 4.69) is 43.2 Å². The molecule has 0 aliphatic heterocycles. The van der Waals surface area contributed by atoms with Crippen molar-refractivity contribution in [2.45, 2.75) is 19.3 Å². The van der Waals surface area contributed by atoms with E-state index in [1.54, 1.807) is 7.11 Å². The Bertz CT molecular complexity index is 516. The number of hydrogen-bond acceptors (Lipinski definition) is 2. The minimum Gasteiger partial charge on any atom is -0.496 e. The maximum atomic E-state index is 5.49. The van der Waals surface area contributed by atoms with Gasteiger partial charge in [-0.1, -0.05) is 13.0 Å². The fourth-order valence-electron chi connectivity index (χ4n) is 2.56. The summed E-state index contributed by atoms with van der Waals surface area (Å²) in [6, 6.07) is 6.15. The highest BCUT2D eigenvalue weighted by Gasteiger charge is 2.17. The van der Waals surface area contributed by atoms with Crippen molar-refractivity contribution >= 4 is 10.9 Å². The molecule has 1 aromatic carbocycles. The van der Waals surface area contributed by atoms with Crippen LogP contribution in [0.1, 0.15) is 24.8 Å². The third-order valence-corrected chi connectivity index (χ3v) is 3.44. The Labute approximate surface area is 109 Å². The molecule has 0 fully saturated rings. The van der Waals surface area contributed by atoms with Crippen molar-refractivity contribution in [1.82, 2.24) is 9.88 Å². The lowest BCUT2D eigenvalue weighted by Gasteiger charge is -2.19. The lowest BCUT2D eigenvalue weighted by Crippen LogP contribution is -2.19. The summed E-state index contributed by atoms with van der Waals surface area (Å²) >= 11 is 0. The Kier molecular flexibility index (Phi) is 3.92. The number of fused-ring (bicyclic) bond motifs is 1. The van der Waals surface area contributed by atoms with Crippen molar-refractivity contribution in [1.29, 1.82) is 0 Å². The Hall–Kier alpha value is -1.48. The van der Waals surface area contributed by atoms with E-state index in [1.165, 1.54) is 10.9 Å². The summed E-state index contributed by atoms with van der Waals surface area (Å²) in [5.74, 6) is 1.49. The van der Waals surface area contributed by atoms with Gasteiger partial charge in [-0.15, -0.1) is 0 Å². The Morgan fingerprint density at radius 3 is 2.72 bits per heavy atom. The largest absolute Gasteiger partial charge is 0.496 e. The molecule has 1 unspecified atom stereocenters. The highest BCUT2D eigenvalue weighted by molar-refractivity contribution is 5.89. The Balaban J connectivity index is 2.49. The van der Waals surface area contributed by atoms with Gasteiger partial charge >= 0.3 is 0 Å². The van der Waals surface area contributed by atoms with Gasteiger partial charge in [-0.05, 0) is 44.1 Å². The number of H-pyrrole nitrogens is 1. The van der Waals surface area contributed by atoms with E-state index in [0.29, 0.717) is 5.92 Å². The number of aromatic amines is 1. The minimum absolute atomic E-state index is 0.532. The quantitative estimate of drug-likeness (QED) is 0.877. The molecule has 0 saturated heterocycles. The van der Waals surface area contributed by atoms with Crippen molar-refractivity contribution in [2.24, 2.45) is 0 Å². The molecule has 0 bridgehead atoms. The van der Waals surface area contributed by atoms with Gasteiger partial charge in [0.25, 0.3) is 0 Å². The zero-order valence-corrected chi connectivity index (χ0v) is 11.7.